The minimum Gasteiger partial charge on any atom is -0.478 e. The highest BCUT2D eigenvalue weighted by Crippen LogP contribution is 2.29. The molecule has 32 heavy (non-hydrogen) atoms. The number of carbonyl (C=O) groups is 3. The molecule has 2 aliphatic heterocycles. The van der Waals surface area contributed by atoms with E-state index >= 15 is 0 Å². The first-order valence-electron chi connectivity index (χ1n) is 11.5. The van der Waals surface area contributed by atoms with Gasteiger partial charge in [-0.1, -0.05) is 12.8 Å². The van der Waals surface area contributed by atoms with E-state index in [1.807, 2.05) is 11.0 Å². The lowest BCUT2D eigenvalue weighted by Crippen LogP contribution is -2.51. The number of hydrogen-bond acceptors (Lipinski definition) is 6. The highest BCUT2D eigenvalue weighted by molar-refractivity contribution is 6.02. The third-order valence-corrected chi connectivity index (χ3v) is 6.68. The number of piperazine rings is 1. The third kappa shape index (κ3) is 5.39. The van der Waals surface area contributed by atoms with Crippen molar-refractivity contribution >= 4 is 29.2 Å². The van der Waals surface area contributed by atoms with Crippen LogP contribution in [0.15, 0.2) is 18.2 Å². The molecule has 9 nitrogen and oxygen atoms in total. The average molecular weight is 445 g/mol. The minimum absolute atomic E-state index is 0.0235. The Hall–Kier alpha value is -2.65. The molecular weight excluding hydrogens is 412 g/mol. The normalized spacial score (nSPS) is 20.4. The van der Waals surface area contributed by atoms with Crippen LogP contribution in [-0.4, -0.2) is 91.7 Å². The van der Waals surface area contributed by atoms with Crippen LogP contribution in [0.4, 0.5) is 11.4 Å². The molecule has 2 amide bonds. The number of carboxylic acid groups (broad SMARTS) is 1. The fraction of sp³-hybridized carbons (Fsp3) is 0.609. The largest absolute Gasteiger partial charge is 0.478 e. The molecule has 1 saturated carbocycles. The fourth-order valence-corrected chi connectivity index (χ4v) is 4.71. The van der Waals surface area contributed by atoms with E-state index < -0.39 is 5.97 Å². The molecule has 0 spiro atoms. The molecule has 0 aromatic heterocycles. The maximum Gasteiger partial charge on any atom is 0.337 e. The molecule has 2 saturated heterocycles. The van der Waals surface area contributed by atoms with Crippen LogP contribution in [0.25, 0.3) is 0 Å². The Morgan fingerprint density at radius 2 is 1.69 bits per heavy atom. The molecular formula is C23H32N4O5. The molecule has 0 bridgehead atoms. The van der Waals surface area contributed by atoms with Gasteiger partial charge in [-0.25, -0.2) is 4.79 Å². The number of rotatable bonds is 6. The van der Waals surface area contributed by atoms with Gasteiger partial charge in [0.15, 0.2) is 0 Å². The van der Waals surface area contributed by atoms with E-state index in [0.717, 1.165) is 44.5 Å². The van der Waals surface area contributed by atoms with Crippen molar-refractivity contribution in [1.29, 1.82) is 0 Å². The molecule has 1 aromatic carbocycles. The third-order valence-electron chi connectivity index (χ3n) is 6.68. The van der Waals surface area contributed by atoms with Crippen molar-refractivity contribution < 1.29 is 24.2 Å². The van der Waals surface area contributed by atoms with Gasteiger partial charge in [0.25, 0.3) is 0 Å². The molecule has 3 fully saturated rings. The van der Waals surface area contributed by atoms with Crippen molar-refractivity contribution in [3.05, 3.63) is 23.8 Å². The van der Waals surface area contributed by atoms with Crippen molar-refractivity contribution in [3.63, 3.8) is 0 Å². The highest BCUT2D eigenvalue weighted by Gasteiger charge is 2.26. The van der Waals surface area contributed by atoms with Crippen molar-refractivity contribution in [2.45, 2.75) is 25.7 Å². The summed E-state index contributed by atoms with van der Waals surface area (Å²) in [5.74, 6) is -1.03. The molecule has 1 aromatic rings. The zero-order valence-corrected chi connectivity index (χ0v) is 18.4. The van der Waals surface area contributed by atoms with E-state index in [0.29, 0.717) is 51.6 Å². The molecule has 3 aliphatic rings. The highest BCUT2D eigenvalue weighted by atomic mass is 16.5. The van der Waals surface area contributed by atoms with Gasteiger partial charge >= 0.3 is 5.97 Å². The Morgan fingerprint density at radius 3 is 2.34 bits per heavy atom. The van der Waals surface area contributed by atoms with Gasteiger partial charge in [-0.3, -0.25) is 14.5 Å². The van der Waals surface area contributed by atoms with Crippen molar-refractivity contribution in [3.8, 4) is 0 Å². The van der Waals surface area contributed by atoms with Gasteiger partial charge in [-0.15, -0.1) is 0 Å². The predicted octanol–water partition coefficient (Wildman–Crippen LogP) is 1.49. The summed E-state index contributed by atoms with van der Waals surface area (Å²) in [5.41, 5.74) is 1.28. The summed E-state index contributed by atoms with van der Waals surface area (Å²) in [4.78, 5) is 42.9. The van der Waals surface area contributed by atoms with E-state index in [-0.39, 0.29) is 23.3 Å². The number of nitrogens with zero attached hydrogens (tertiary/aromatic N) is 3. The Morgan fingerprint density at radius 1 is 1.00 bits per heavy atom. The van der Waals surface area contributed by atoms with Gasteiger partial charge in [-0.2, -0.15) is 0 Å². The van der Waals surface area contributed by atoms with Crippen LogP contribution in [0.5, 0.6) is 0 Å². The second-order valence-electron chi connectivity index (χ2n) is 8.76. The number of benzene rings is 1. The summed E-state index contributed by atoms with van der Waals surface area (Å²) in [5, 5.41) is 12.5. The fourth-order valence-electron chi connectivity index (χ4n) is 4.71. The van der Waals surface area contributed by atoms with Crippen LogP contribution in [0.2, 0.25) is 0 Å². The minimum atomic E-state index is -1.05. The van der Waals surface area contributed by atoms with E-state index in [4.69, 9.17) is 4.74 Å². The lowest BCUT2D eigenvalue weighted by molar-refractivity contribution is -0.136. The van der Waals surface area contributed by atoms with E-state index in [1.165, 1.54) is 0 Å². The van der Waals surface area contributed by atoms with Gasteiger partial charge < -0.3 is 25.0 Å². The van der Waals surface area contributed by atoms with Crippen LogP contribution in [0.3, 0.4) is 0 Å². The Balaban J connectivity index is 1.34. The monoisotopic (exact) mass is 444 g/mol. The zero-order chi connectivity index (χ0) is 22.5. The summed E-state index contributed by atoms with van der Waals surface area (Å²) in [6.45, 7) is 5.80. The number of anilines is 2. The summed E-state index contributed by atoms with van der Waals surface area (Å²) in [6, 6.07) is 5.20. The average Bonchev–Trinajstić information content (AvgIpc) is 3.35. The molecule has 174 valence electrons. The smallest absolute Gasteiger partial charge is 0.337 e. The first kappa shape index (κ1) is 22.5. The van der Waals surface area contributed by atoms with Crippen LogP contribution in [-0.2, 0) is 14.3 Å². The van der Waals surface area contributed by atoms with Gasteiger partial charge in [-0.05, 0) is 31.0 Å². The maximum absolute atomic E-state index is 12.5. The molecule has 2 heterocycles. The van der Waals surface area contributed by atoms with Crippen molar-refractivity contribution in [2.75, 3.05) is 69.2 Å². The van der Waals surface area contributed by atoms with Crippen molar-refractivity contribution in [1.82, 2.24) is 9.80 Å². The summed E-state index contributed by atoms with van der Waals surface area (Å²) in [7, 11) is 0. The Bertz CT molecular complexity index is 841. The molecule has 0 radical (unpaired) electrons. The lowest BCUT2D eigenvalue weighted by atomic mass is 10.1. The van der Waals surface area contributed by atoms with Gasteiger partial charge in [0.1, 0.15) is 0 Å². The molecule has 4 rings (SSSR count). The van der Waals surface area contributed by atoms with Gasteiger partial charge in [0, 0.05) is 50.9 Å². The summed E-state index contributed by atoms with van der Waals surface area (Å²) in [6.07, 6.45) is 3.83. The zero-order valence-electron chi connectivity index (χ0n) is 18.4. The van der Waals surface area contributed by atoms with E-state index in [1.54, 1.807) is 12.1 Å². The number of ether oxygens (including phenoxy) is 1. The number of carboxylic acids is 1. The molecule has 0 atom stereocenters. The van der Waals surface area contributed by atoms with Crippen LogP contribution >= 0.6 is 0 Å². The van der Waals surface area contributed by atoms with Crippen LogP contribution < -0.4 is 10.2 Å². The number of nitrogens with one attached hydrogen (secondary N) is 1. The molecule has 0 unspecified atom stereocenters. The predicted molar refractivity (Wildman–Crippen MR) is 120 cm³/mol. The number of morpholine rings is 1. The van der Waals surface area contributed by atoms with E-state index in [2.05, 4.69) is 15.1 Å². The van der Waals surface area contributed by atoms with E-state index in [9.17, 15) is 19.5 Å². The Labute approximate surface area is 188 Å². The lowest BCUT2D eigenvalue weighted by Gasteiger charge is -2.37. The van der Waals surface area contributed by atoms with Crippen LogP contribution in [0, 0.1) is 5.92 Å². The first-order valence-corrected chi connectivity index (χ1v) is 11.5. The number of carbonyl (C=O) groups excluding carboxylic acids is 2. The van der Waals surface area contributed by atoms with Gasteiger partial charge in [0.2, 0.25) is 11.8 Å². The second kappa shape index (κ2) is 10.3. The number of hydrogen-bond donors (Lipinski definition) is 2. The maximum atomic E-state index is 12.5. The second-order valence-corrected chi connectivity index (χ2v) is 8.76. The standard InChI is InChI=1S/C23H32N4O5/c28-21(27-11-13-32-14-12-27)16-25-7-9-26(10-8-25)18-5-6-20(19(15-18)23(30)31)24-22(29)17-3-1-2-4-17/h5-6,15,17H,1-4,7-14,16H2,(H,24,29)(H,30,31). The molecule has 9 heteroatoms. The SMILES string of the molecule is O=C(O)c1cc(N2CCN(CC(=O)N3CCOCC3)CC2)ccc1NC(=O)C1CCCC1. The molecule has 2 N–H and O–H groups in total. The number of amides is 2. The quantitative estimate of drug-likeness (QED) is 0.685. The molecule has 1 aliphatic carbocycles. The van der Waals surface area contributed by atoms with Crippen LogP contribution in [0.1, 0.15) is 36.0 Å². The topological polar surface area (TPSA) is 102 Å². The number of aromatic carboxylic acids is 1. The first-order chi connectivity index (χ1) is 15.5. The Kier molecular flexibility index (Phi) is 7.26. The van der Waals surface area contributed by atoms with Gasteiger partial charge in [0.05, 0.1) is 31.0 Å². The van der Waals surface area contributed by atoms with Crippen molar-refractivity contribution in [2.24, 2.45) is 5.92 Å². The summed E-state index contributed by atoms with van der Waals surface area (Å²) < 4.78 is 5.31. The summed E-state index contributed by atoms with van der Waals surface area (Å²) >= 11 is 0.